The molecule has 4 nitrogen and oxygen atoms in total. The number of rotatable bonds is 2. The molecule has 21 heavy (non-hydrogen) atoms. The smallest absolute Gasteiger partial charge is 0.257 e. The first-order chi connectivity index (χ1) is 10.2. The van der Waals surface area contributed by atoms with E-state index < -0.39 is 0 Å². The minimum Gasteiger partial charge on any atom is -0.298 e. The number of aryl methyl sites for hydroxylation is 1. The van der Waals surface area contributed by atoms with Gasteiger partial charge >= 0.3 is 0 Å². The summed E-state index contributed by atoms with van der Waals surface area (Å²) < 4.78 is 1.04. The summed E-state index contributed by atoms with van der Waals surface area (Å²) in [5, 5.41) is 12.2. The van der Waals surface area contributed by atoms with E-state index in [2.05, 4.69) is 10.3 Å². The van der Waals surface area contributed by atoms with Crippen LogP contribution in [0, 0.1) is 18.3 Å². The van der Waals surface area contributed by atoms with E-state index in [0.717, 1.165) is 15.8 Å². The Morgan fingerprint density at radius 1 is 1.29 bits per heavy atom. The summed E-state index contributed by atoms with van der Waals surface area (Å²) in [5.41, 5.74) is 2.93. The highest BCUT2D eigenvalue weighted by molar-refractivity contribution is 7.22. The number of nitrogens with one attached hydrogen (secondary N) is 1. The maximum atomic E-state index is 12.2. The lowest BCUT2D eigenvalue weighted by molar-refractivity contribution is 0.102. The number of hydrogen-bond acceptors (Lipinski definition) is 4. The third-order valence-corrected chi connectivity index (χ3v) is 3.95. The van der Waals surface area contributed by atoms with E-state index in [0.29, 0.717) is 16.3 Å². The van der Waals surface area contributed by atoms with Gasteiger partial charge in [-0.05, 0) is 42.8 Å². The number of nitriles is 1. The first kappa shape index (κ1) is 13.3. The quantitative estimate of drug-likeness (QED) is 0.783. The topological polar surface area (TPSA) is 65.8 Å². The van der Waals surface area contributed by atoms with Crippen LogP contribution in [-0.4, -0.2) is 10.9 Å². The van der Waals surface area contributed by atoms with Crippen molar-refractivity contribution in [2.24, 2.45) is 0 Å². The maximum absolute atomic E-state index is 12.2. The summed E-state index contributed by atoms with van der Waals surface area (Å²) in [6, 6.07) is 14.6. The van der Waals surface area contributed by atoms with Crippen molar-refractivity contribution >= 4 is 32.6 Å². The summed E-state index contributed by atoms with van der Waals surface area (Å²) in [6.45, 7) is 2.02. The first-order valence-electron chi connectivity index (χ1n) is 6.34. The number of amides is 1. The monoisotopic (exact) mass is 293 g/mol. The second-order valence-corrected chi connectivity index (χ2v) is 5.67. The number of carbonyl (C=O) groups excluding carboxylic acids is 1. The number of anilines is 1. The van der Waals surface area contributed by atoms with Crippen LogP contribution in [0.1, 0.15) is 21.5 Å². The molecular weight excluding hydrogens is 282 g/mol. The number of aromatic nitrogens is 1. The third-order valence-electron chi connectivity index (χ3n) is 3.02. The Bertz CT molecular complexity index is 877. The van der Waals surface area contributed by atoms with Gasteiger partial charge in [0.05, 0.1) is 21.8 Å². The van der Waals surface area contributed by atoms with E-state index in [-0.39, 0.29) is 5.91 Å². The van der Waals surface area contributed by atoms with Gasteiger partial charge in [-0.15, -0.1) is 0 Å². The molecule has 0 bridgehead atoms. The van der Waals surface area contributed by atoms with Gasteiger partial charge in [0.1, 0.15) is 0 Å². The van der Waals surface area contributed by atoms with Crippen molar-refractivity contribution in [1.82, 2.24) is 4.98 Å². The van der Waals surface area contributed by atoms with Crippen molar-refractivity contribution in [1.29, 1.82) is 5.26 Å². The van der Waals surface area contributed by atoms with Crippen LogP contribution in [0.25, 0.3) is 10.2 Å². The fourth-order valence-corrected chi connectivity index (χ4v) is 2.94. The van der Waals surface area contributed by atoms with Crippen LogP contribution in [0.2, 0.25) is 0 Å². The molecule has 0 aliphatic heterocycles. The predicted molar refractivity (Wildman–Crippen MR) is 83.5 cm³/mol. The van der Waals surface area contributed by atoms with Crippen LogP contribution in [0.4, 0.5) is 5.13 Å². The SMILES string of the molecule is Cc1ccc2nc(NC(=O)c3cccc(C#N)c3)sc2c1. The molecule has 1 amide bonds. The molecule has 0 aliphatic rings. The van der Waals surface area contributed by atoms with Gasteiger partial charge in [-0.3, -0.25) is 10.1 Å². The van der Waals surface area contributed by atoms with E-state index >= 15 is 0 Å². The lowest BCUT2D eigenvalue weighted by Crippen LogP contribution is -2.11. The van der Waals surface area contributed by atoms with Crippen molar-refractivity contribution in [2.45, 2.75) is 6.92 Å². The Balaban J connectivity index is 1.87. The summed E-state index contributed by atoms with van der Waals surface area (Å²) in [6.07, 6.45) is 0. The van der Waals surface area contributed by atoms with E-state index in [1.54, 1.807) is 24.3 Å². The summed E-state index contributed by atoms with van der Waals surface area (Å²) in [5.74, 6) is -0.261. The molecule has 0 aliphatic carbocycles. The molecule has 0 radical (unpaired) electrons. The van der Waals surface area contributed by atoms with Gasteiger partial charge in [-0.25, -0.2) is 4.98 Å². The molecule has 5 heteroatoms. The largest absolute Gasteiger partial charge is 0.298 e. The zero-order valence-electron chi connectivity index (χ0n) is 11.3. The Morgan fingerprint density at radius 2 is 2.14 bits per heavy atom. The molecule has 3 rings (SSSR count). The molecule has 0 unspecified atom stereocenters. The second-order valence-electron chi connectivity index (χ2n) is 4.64. The van der Waals surface area contributed by atoms with Crippen LogP contribution in [0.15, 0.2) is 42.5 Å². The fourth-order valence-electron chi connectivity index (χ4n) is 1.98. The van der Waals surface area contributed by atoms with Crippen molar-refractivity contribution in [2.75, 3.05) is 5.32 Å². The molecule has 102 valence electrons. The van der Waals surface area contributed by atoms with Crippen molar-refractivity contribution in [3.05, 3.63) is 59.2 Å². The highest BCUT2D eigenvalue weighted by atomic mass is 32.1. The molecule has 0 fully saturated rings. The van der Waals surface area contributed by atoms with E-state index in [1.165, 1.54) is 11.3 Å². The number of nitrogens with zero attached hydrogens (tertiary/aromatic N) is 2. The standard InChI is InChI=1S/C16H11N3OS/c1-10-5-6-13-14(7-10)21-16(18-13)19-15(20)12-4-2-3-11(8-12)9-17/h2-8H,1H3,(H,18,19,20). The third kappa shape index (κ3) is 2.76. The number of fused-ring (bicyclic) bond motifs is 1. The lowest BCUT2D eigenvalue weighted by atomic mass is 10.1. The lowest BCUT2D eigenvalue weighted by Gasteiger charge is -2.01. The zero-order valence-corrected chi connectivity index (χ0v) is 12.1. The minimum atomic E-state index is -0.261. The molecule has 0 atom stereocenters. The summed E-state index contributed by atoms with van der Waals surface area (Å²) in [4.78, 5) is 16.6. The predicted octanol–water partition coefficient (Wildman–Crippen LogP) is 3.73. The van der Waals surface area contributed by atoms with Gasteiger partial charge in [0.15, 0.2) is 5.13 Å². The van der Waals surface area contributed by atoms with Crippen molar-refractivity contribution < 1.29 is 4.79 Å². The van der Waals surface area contributed by atoms with Crippen LogP contribution >= 0.6 is 11.3 Å². The average molecular weight is 293 g/mol. The normalized spacial score (nSPS) is 10.3. The van der Waals surface area contributed by atoms with E-state index in [9.17, 15) is 4.79 Å². The Kier molecular flexibility index (Phi) is 3.38. The highest BCUT2D eigenvalue weighted by Gasteiger charge is 2.10. The van der Waals surface area contributed by atoms with Crippen LogP contribution in [-0.2, 0) is 0 Å². The molecule has 3 aromatic rings. The van der Waals surface area contributed by atoms with Gasteiger partial charge < -0.3 is 0 Å². The molecule has 1 heterocycles. The highest BCUT2D eigenvalue weighted by Crippen LogP contribution is 2.27. The number of benzene rings is 2. The van der Waals surface area contributed by atoms with Crippen LogP contribution in [0.5, 0.6) is 0 Å². The molecule has 1 N–H and O–H groups in total. The molecule has 0 saturated heterocycles. The average Bonchev–Trinajstić information content (AvgIpc) is 2.88. The molecule has 0 saturated carbocycles. The summed E-state index contributed by atoms with van der Waals surface area (Å²) in [7, 11) is 0. The molecule has 0 spiro atoms. The van der Waals surface area contributed by atoms with Crippen LogP contribution < -0.4 is 5.32 Å². The minimum absolute atomic E-state index is 0.261. The van der Waals surface area contributed by atoms with Gasteiger partial charge in [0.25, 0.3) is 5.91 Å². The first-order valence-corrected chi connectivity index (χ1v) is 7.16. The van der Waals surface area contributed by atoms with Crippen molar-refractivity contribution in [3.63, 3.8) is 0 Å². The van der Waals surface area contributed by atoms with E-state index in [4.69, 9.17) is 5.26 Å². The Labute approximate surface area is 125 Å². The Hall–Kier alpha value is -2.71. The van der Waals surface area contributed by atoms with Gasteiger partial charge in [-0.1, -0.05) is 23.5 Å². The molecule has 1 aromatic heterocycles. The molecule has 2 aromatic carbocycles. The molecular formula is C16H11N3OS. The van der Waals surface area contributed by atoms with Gasteiger partial charge in [0.2, 0.25) is 0 Å². The number of thiazole rings is 1. The Morgan fingerprint density at radius 3 is 2.95 bits per heavy atom. The van der Waals surface area contributed by atoms with Crippen LogP contribution in [0.3, 0.4) is 0 Å². The van der Waals surface area contributed by atoms with E-state index in [1.807, 2.05) is 31.2 Å². The maximum Gasteiger partial charge on any atom is 0.257 e. The van der Waals surface area contributed by atoms with Crippen molar-refractivity contribution in [3.8, 4) is 6.07 Å². The zero-order chi connectivity index (χ0) is 14.8. The van der Waals surface area contributed by atoms with Gasteiger partial charge in [0, 0.05) is 5.56 Å². The second kappa shape index (κ2) is 5.35. The number of carbonyl (C=O) groups is 1. The summed E-state index contributed by atoms with van der Waals surface area (Å²) >= 11 is 1.44. The fraction of sp³-hybridized carbons (Fsp3) is 0.0625. The van der Waals surface area contributed by atoms with Gasteiger partial charge in [-0.2, -0.15) is 5.26 Å². The number of hydrogen-bond donors (Lipinski definition) is 1.